The van der Waals surface area contributed by atoms with Gasteiger partial charge in [-0.1, -0.05) is 6.07 Å². The molecule has 0 atom stereocenters. The maximum Gasteiger partial charge on any atom is 0.242 e. The molecule has 7 nitrogen and oxygen atoms in total. The van der Waals surface area contributed by atoms with Crippen LogP contribution in [0.3, 0.4) is 0 Å². The number of amides is 1. The van der Waals surface area contributed by atoms with Gasteiger partial charge >= 0.3 is 0 Å². The second-order valence-corrected chi connectivity index (χ2v) is 5.41. The van der Waals surface area contributed by atoms with E-state index in [2.05, 4.69) is 15.6 Å². The summed E-state index contributed by atoms with van der Waals surface area (Å²) in [6.45, 7) is 0.681. The Kier molecular flexibility index (Phi) is 6.08. The van der Waals surface area contributed by atoms with Crippen LogP contribution in [0.15, 0.2) is 23.2 Å². The highest BCUT2D eigenvalue weighted by molar-refractivity contribution is 5.84. The van der Waals surface area contributed by atoms with E-state index < -0.39 is 0 Å². The minimum absolute atomic E-state index is 0.0612. The summed E-state index contributed by atoms with van der Waals surface area (Å²) in [6, 6.07) is 6.11. The van der Waals surface area contributed by atoms with E-state index in [9.17, 15) is 4.79 Å². The average Bonchev–Trinajstić information content (AvgIpc) is 3.36. The van der Waals surface area contributed by atoms with Crippen LogP contribution in [0.2, 0.25) is 0 Å². The van der Waals surface area contributed by atoms with E-state index >= 15 is 0 Å². The van der Waals surface area contributed by atoms with Gasteiger partial charge in [0.15, 0.2) is 17.5 Å². The molecule has 2 rings (SSSR count). The number of nitrogens with zero attached hydrogens (tertiary/aromatic N) is 1. The zero-order valence-corrected chi connectivity index (χ0v) is 13.6. The fraction of sp³-hybridized carbons (Fsp3) is 0.500. The molecular weight excluding hydrogens is 296 g/mol. The Balaban J connectivity index is 1.73. The molecule has 0 unspecified atom stereocenters. The zero-order chi connectivity index (χ0) is 16.7. The summed E-state index contributed by atoms with van der Waals surface area (Å²) in [5, 5.41) is 5.86. The number of rotatable bonds is 8. The van der Waals surface area contributed by atoms with Gasteiger partial charge < -0.3 is 25.8 Å². The molecule has 126 valence electrons. The summed E-state index contributed by atoms with van der Waals surface area (Å²) in [7, 11) is 3.22. The summed E-state index contributed by atoms with van der Waals surface area (Å²) in [4.78, 5) is 15.5. The second kappa shape index (κ2) is 8.26. The van der Waals surface area contributed by atoms with E-state index in [0.717, 1.165) is 24.8 Å². The van der Waals surface area contributed by atoms with Crippen LogP contribution in [-0.4, -0.2) is 45.2 Å². The van der Waals surface area contributed by atoms with Crippen LogP contribution < -0.4 is 25.8 Å². The largest absolute Gasteiger partial charge is 0.493 e. The minimum atomic E-state index is -0.0860. The van der Waals surface area contributed by atoms with Gasteiger partial charge in [0.05, 0.1) is 14.2 Å². The lowest BCUT2D eigenvalue weighted by atomic mass is 10.1. The van der Waals surface area contributed by atoms with Gasteiger partial charge in [0.2, 0.25) is 5.91 Å². The van der Waals surface area contributed by atoms with Crippen LogP contribution in [0.1, 0.15) is 18.4 Å². The maximum absolute atomic E-state index is 11.5. The number of hydrogen-bond donors (Lipinski definition) is 3. The van der Waals surface area contributed by atoms with Crippen LogP contribution in [0.25, 0.3) is 0 Å². The third-order valence-corrected chi connectivity index (χ3v) is 3.50. The Morgan fingerprint density at radius 3 is 2.70 bits per heavy atom. The molecule has 1 aliphatic carbocycles. The SMILES string of the molecule is COc1ccc(CCNC(N)=NCC(=O)NC2CC2)cc1OC. The first-order valence-electron chi connectivity index (χ1n) is 7.66. The van der Waals surface area contributed by atoms with Crippen LogP contribution in [0.4, 0.5) is 0 Å². The number of ether oxygens (including phenoxy) is 2. The Bertz CT molecular complexity index is 570. The fourth-order valence-electron chi connectivity index (χ4n) is 2.08. The van der Waals surface area contributed by atoms with Crippen molar-refractivity contribution in [2.75, 3.05) is 27.3 Å². The quantitative estimate of drug-likeness (QED) is 0.477. The van der Waals surface area contributed by atoms with Gasteiger partial charge in [0.1, 0.15) is 6.54 Å². The molecule has 1 aromatic carbocycles. The van der Waals surface area contributed by atoms with Gasteiger partial charge in [0.25, 0.3) is 0 Å². The molecule has 0 aliphatic heterocycles. The summed E-state index contributed by atoms with van der Waals surface area (Å²) >= 11 is 0. The maximum atomic E-state index is 11.5. The van der Waals surface area contributed by atoms with E-state index in [1.54, 1.807) is 14.2 Å². The van der Waals surface area contributed by atoms with Crippen LogP contribution in [0, 0.1) is 0 Å². The van der Waals surface area contributed by atoms with Gasteiger partial charge in [-0.25, -0.2) is 4.99 Å². The highest BCUT2D eigenvalue weighted by Crippen LogP contribution is 2.27. The molecule has 0 spiro atoms. The van der Waals surface area contributed by atoms with Crippen molar-refractivity contribution in [2.45, 2.75) is 25.3 Å². The van der Waals surface area contributed by atoms with Gasteiger partial charge in [0, 0.05) is 12.6 Å². The molecule has 1 aromatic rings. The van der Waals surface area contributed by atoms with E-state index in [-0.39, 0.29) is 18.4 Å². The first kappa shape index (κ1) is 16.9. The number of nitrogens with one attached hydrogen (secondary N) is 2. The van der Waals surface area contributed by atoms with Crippen molar-refractivity contribution < 1.29 is 14.3 Å². The second-order valence-electron chi connectivity index (χ2n) is 5.41. The average molecular weight is 320 g/mol. The number of carbonyl (C=O) groups excluding carboxylic acids is 1. The molecule has 0 radical (unpaired) electrons. The topological polar surface area (TPSA) is 98.0 Å². The summed E-state index contributed by atoms with van der Waals surface area (Å²) in [6.07, 6.45) is 2.88. The lowest BCUT2D eigenvalue weighted by Crippen LogP contribution is -2.35. The van der Waals surface area contributed by atoms with Gasteiger partial charge in [-0.15, -0.1) is 0 Å². The number of nitrogens with two attached hydrogens (primary N) is 1. The first-order valence-corrected chi connectivity index (χ1v) is 7.66. The molecule has 0 aromatic heterocycles. The lowest BCUT2D eigenvalue weighted by molar-refractivity contribution is -0.119. The molecule has 0 bridgehead atoms. The monoisotopic (exact) mass is 320 g/mol. The number of methoxy groups -OCH3 is 2. The third-order valence-electron chi connectivity index (χ3n) is 3.50. The smallest absolute Gasteiger partial charge is 0.242 e. The van der Waals surface area contributed by atoms with Crippen molar-refractivity contribution in [3.05, 3.63) is 23.8 Å². The predicted molar refractivity (Wildman–Crippen MR) is 88.9 cm³/mol. The zero-order valence-electron chi connectivity index (χ0n) is 13.6. The van der Waals surface area contributed by atoms with Crippen LogP contribution in [-0.2, 0) is 11.2 Å². The lowest BCUT2D eigenvalue weighted by Gasteiger charge is -2.10. The van der Waals surface area contributed by atoms with E-state index in [0.29, 0.717) is 24.1 Å². The molecule has 7 heteroatoms. The Morgan fingerprint density at radius 1 is 1.30 bits per heavy atom. The minimum Gasteiger partial charge on any atom is -0.493 e. The van der Waals surface area contributed by atoms with E-state index in [1.165, 1.54) is 0 Å². The molecule has 1 aliphatic rings. The number of benzene rings is 1. The van der Waals surface area contributed by atoms with Crippen LogP contribution in [0.5, 0.6) is 11.5 Å². The fourth-order valence-corrected chi connectivity index (χ4v) is 2.08. The molecule has 1 amide bonds. The van der Waals surface area contributed by atoms with Gasteiger partial charge in [-0.2, -0.15) is 0 Å². The summed E-state index contributed by atoms with van der Waals surface area (Å²) < 4.78 is 10.5. The number of aliphatic imine (C=N–C) groups is 1. The summed E-state index contributed by atoms with van der Waals surface area (Å²) in [5.74, 6) is 1.59. The van der Waals surface area contributed by atoms with E-state index in [1.807, 2.05) is 18.2 Å². The van der Waals surface area contributed by atoms with Crippen molar-refractivity contribution in [3.8, 4) is 11.5 Å². The Labute approximate surface area is 136 Å². The molecule has 1 saturated carbocycles. The molecule has 0 heterocycles. The normalized spacial score (nSPS) is 14.3. The Morgan fingerprint density at radius 2 is 2.04 bits per heavy atom. The standard InChI is InChI=1S/C16H24N4O3/c1-22-13-6-3-11(9-14(13)23-2)7-8-18-16(17)19-10-15(21)20-12-4-5-12/h3,6,9,12H,4-5,7-8,10H2,1-2H3,(H,20,21)(H3,17,18,19). The third kappa shape index (κ3) is 5.69. The highest BCUT2D eigenvalue weighted by atomic mass is 16.5. The van der Waals surface area contributed by atoms with E-state index in [4.69, 9.17) is 15.2 Å². The Hall–Kier alpha value is -2.44. The molecule has 4 N–H and O–H groups in total. The van der Waals surface area contributed by atoms with Gasteiger partial charge in [-0.05, 0) is 37.0 Å². The summed E-state index contributed by atoms with van der Waals surface area (Å²) in [5.41, 5.74) is 6.84. The molecule has 1 fully saturated rings. The first-order chi connectivity index (χ1) is 11.1. The molecule has 23 heavy (non-hydrogen) atoms. The van der Waals surface area contributed by atoms with Crippen molar-refractivity contribution in [3.63, 3.8) is 0 Å². The van der Waals surface area contributed by atoms with Crippen molar-refractivity contribution in [2.24, 2.45) is 10.7 Å². The highest BCUT2D eigenvalue weighted by Gasteiger charge is 2.22. The van der Waals surface area contributed by atoms with Crippen molar-refractivity contribution in [1.82, 2.24) is 10.6 Å². The number of carbonyl (C=O) groups is 1. The predicted octanol–water partition coefficient (Wildman–Crippen LogP) is 0.429. The number of guanidine groups is 1. The van der Waals surface area contributed by atoms with Crippen molar-refractivity contribution in [1.29, 1.82) is 0 Å². The van der Waals surface area contributed by atoms with Crippen LogP contribution >= 0.6 is 0 Å². The number of hydrogen-bond acceptors (Lipinski definition) is 4. The van der Waals surface area contributed by atoms with Crippen molar-refractivity contribution >= 4 is 11.9 Å². The molecule has 0 saturated heterocycles. The molecular formula is C16H24N4O3. The van der Waals surface area contributed by atoms with Gasteiger partial charge in [-0.3, -0.25) is 4.79 Å².